The van der Waals surface area contributed by atoms with E-state index in [9.17, 15) is 4.79 Å². The van der Waals surface area contributed by atoms with Crippen LogP contribution in [-0.2, 0) is 9.53 Å². The van der Waals surface area contributed by atoms with E-state index in [1.807, 2.05) is 0 Å². The number of hydrogen-bond acceptors (Lipinski definition) is 2. The predicted molar refractivity (Wildman–Crippen MR) is 73.1 cm³/mol. The first-order valence-electron chi connectivity index (χ1n) is 6.73. The van der Waals surface area contributed by atoms with Gasteiger partial charge in [0.15, 0.2) is 0 Å². The van der Waals surface area contributed by atoms with Gasteiger partial charge in [-0.05, 0) is 33.1 Å². The number of hydrogen-bond donors (Lipinski definition) is 0. The molecule has 0 N–H and O–H groups in total. The molecule has 1 aliphatic carbocycles. The first kappa shape index (κ1) is 13.4. The van der Waals surface area contributed by atoms with Crippen molar-refractivity contribution < 1.29 is 9.53 Å². The maximum absolute atomic E-state index is 11.7. The van der Waals surface area contributed by atoms with Crippen LogP contribution < -0.4 is 0 Å². The molecule has 1 unspecified atom stereocenters. The zero-order valence-electron chi connectivity index (χ0n) is 12.1. The van der Waals surface area contributed by atoms with Crippen LogP contribution in [0.5, 0.6) is 0 Å². The standard InChI is InChI=1S/C16H24O2/c1-11(2)14(5)9-10-15(6,12(3)4)16(14)8-7-13(17)18-16/h1,3,7-10H2,2,4-6H3/t14-,15+,16?. The molecule has 2 fully saturated rings. The van der Waals surface area contributed by atoms with Crippen molar-refractivity contribution in [2.75, 3.05) is 0 Å². The summed E-state index contributed by atoms with van der Waals surface area (Å²) in [7, 11) is 0. The SMILES string of the molecule is C=C(C)[C@]1(C)CC[C@](C)(C(=C)C)C12CCC(=O)O2. The quantitative estimate of drug-likeness (QED) is 0.545. The first-order chi connectivity index (χ1) is 8.19. The zero-order chi connectivity index (χ0) is 13.8. The molecule has 0 amide bonds. The summed E-state index contributed by atoms with van der Waals surface area (Å²) in [6, 6.07) is 0. The molecule has 2 aliphatic rings. The van der Waals surface area contributed by atoms with Gasteiger partial charge in [-0.1, -0.05) is 38.2 Å². The Morgan fingerprint density at radius 1 is 1.06 bits per heavy atom. The zero-order valence-corrected chi connectivity index (χ0v) is 12.1. The average Bonchev–Trinajstić information content (AvgIpc) is 2.77. The van der Waals surface area contributed by atoms with Crippen LogP contribution in [0.15, 0.2) is 24.3 Å². The molecule has 2 heteroatoms. The molecule has 0 aromatic heterocycles. The van der Waals surface area contributed by atoms with Crippen molar-refractivity contribution in [2.24, 2.45) is 10.8 Å². The Hall–Kier alpha value is -1.05. The van der Waals surface area contributed by atoms with Crippen molar-refractivity contribution >= 4 is 5.97 Å². The van der Waals surface area contributed by atoms with Crippen LogP contribution >= 0.6 is 0 Å². The summed E-state index contributed by atoms with van der Waals surface area (Å²) in [5.74, 6) is -0.0724. The normalized spacial score (nSPS) is 43.2. The summed E-state index contributed by atoms with van der Waals surface area (Å²) in [5, 5.41) is 0. The molecule has 1 saturated carbocycles. The third-order valence-electron chi connectivity index (χ3n) is 5.76. The molecular weight excluding hydrogens is 224 g/mol. The van der Waals surface area contributed by atoms with Gasteiger partial charge in [-0.15, -0.1) is 0 Å². The molecular formula is C16H24O2. The number of carbonyl (C=O) groups excluding carboxylic acids is 1. The Kier molecular flexibility index (Phi) is 2.77. The highest BCUT2D eigenvalue weighted by Crippen LogP contribution is 2.67. The van der Waals surface area contributed by atoms with E-state index in [1.165, 1.54) is 0 Å². The fourth-order valence-corrected chi connectivity index (χ4v) is 3.98. The fourth-order valence-electron chi connectivity index (χ4n) is 3.98. The molecule has 2 nitrogen and oxygen atoms in total. The van der Waals surface area contributed by atoms with Crippen LogP contribution in [0.4, 0.5) is 0 Å². The topological polar surface area (TPSA) is 26.3 Å². The Bertz CT molecular complexity index is 406. The summed E-state index contributed by atoms with van der Waals surface area (Å²) in [6.07, 6.45) is 3.34. The van der Waals surface area contributed by atoms with Crippen LogP contribution in [0.1, 0.15) is 53.4 Å². The van der Waals surface area contributed by atoms with Gasteiger partial charge in [-0.25, -0.2) is 0 Å². The van der Waals surface area contributed by atoms with Crippen molar-refractivity contribution in [3.05, 3.63) is 24.3 Å². The summed E-state index contributed by atoms with van der Waals surface area (Å²) >= 11 is 0. The molecule has 1 aliphatic heterocycles. The lowest BCUT2D eigenvalue weighted by Crippen LogP contribution is -2.52. The maximum Gasteiger partial charge on any atom is 0.306 e. The smallest absolute Gasteiger partial charge is 0.306 e. The van der Waals surface area contributed by atoms with Gasteiger partial charge >= 0.3 is 5.97 Å². The summed E-state index contributed by atoms with van der Waals surface area (Å²) in [5.41, 5.74) is 1.53. The van der Waals surface area contributed by atoms with Crippen molar-refractivity contribution in [2.45, 2.75) is 59.0 Å². The molecule has 1 spiro atoms. The molecule has 3 atom stereocenters. The lowest BCUT2D eigenvalue weighted by molar-refractivity contribution is -0.165. The highest BCUT2D eigenvalue weighted by Gasteiger charge is 2.68. The largest absolute Gasteiger partial charge is 0.457 e. The predicted octanol–water partition coefficient (Wildman–Crippen LogP) is 4.02. The summed E-state index contributed by atoms with van der Waals surface area (Å²) < 4.78 is 5.90. The van der Waals surface area contributed by atoms with E-state index in [1.54, 1.807) is 0 Å². The second kappa shape index (κ2) is 3.72. The van der Waals surface area contributed by atoms with E-state index in [0.717, 1.165) is 30.4 Å². The molecule has 0 radical (unpaired) electrons. The van der Waals surface area contributed by atoms with Gasteiger partial charge in [-0.2, -0.15) is 0 Å². The number of esters is 1. The fraction of sp³-hybridized carbons (Fsp3) is 0.688. The Morgan fingerprint density at radius 2 is 1.50 bits per heavy atom. The van der Waals surface area contributed by atoms with Gasteiger partial charge in [0.1, 0.15) is 5.60 Å². The van der Waals surface area contributed by atoms with Crippen LogP contribution in [0.25, 0.3) is 0 Å². The lowest BCUT2D eigenvalue weighted by atomic mass is 9.60. The maximum atomic E-state index is 11.7. The monoisotopic (exact) mass is 248 g/mol. The molecule has 1 saturated heterocycles. The minimum atomic E-state index is -0.436. The second-order valence-corrected chi connectivity index (χ2v) is 6.53. The van der Waals surface area contributed by atoms with Gasteiger partial charge in [-0.3, -0.25) is 4.79 Å². The van der Waals surface area contributed by atoms with Crippen molar-refractivity contribution in [3.63, 3.8) is 0 Å². The Morgan fingerprint density at radius 3 is 1.78 bits per heavy atom. The van der Waals surface area contributed by atoms with Gasteiger partial charge < -0.3 is 4.74 Å². The van der Waals surface area contributed by atoms with Crippen molar-refractivity contribution in [1.29, 1.82) is 0 Å². The van der Waals surface area contributed by atoms with E-state index in [0.29, 0.717) is 6.42 Å². The Labute approximate surface area is 110 Å². The summed E-state index contributed by atoms with van der Waals surface area (Å²) in [6.45, 7) is 16.8. The minimum absolute atomic E-state index is 0.0724. The van der Waals surface area contributed by atoms with Crippen LogP contribution in [0.2, 0.25) is 0 Å². The van der Waals surface area contributed by atoms with E-state index in [4.69, 9.17) is 4.74 Å². The molecule has 18 heavy (non-hydrogen) atoms. The number of ether oxygens (including phenoxy) is 1. The molecule has 0 bridgehead atoms. The lowest BCUT2D eigenvalue weighted by Gasteiger charge is -2.49. The van der Waals surface area contributed by atoms with Gasteiger partial charge in [0.25, 0.3) is 0 Å². The molecule has 100 valence electrons. The number of rotatable bonds is 2. The molecule has 2 rings (SSSR count). The third-order valence-corrected chi connectivity index (χ3v) is 5.76. The highest BCUT2D eigenvalue weighted by molar-refractivity contribution is 5.73. The van der Waals surface area contributed by atoms with E-state index in [-0.39, 0.29) is 16.8 Å². The van der Waals surface area contributed by atoms with Crippen molar-refractivity contribution in [1.82, 2.24) is 0 Å². The van der Waals surface area contributed by atoms with Gasteiger partial charge in [0.05, 0.1) is 0 Å². The van der Waals surface area contributed by atoms with Gasteiger partial charge in [0.2, 0.25) is 0 Å². The first-order valence-corrected chi connectivity index (χ1v) is 6.73. The van der Waals surface area contributed by atoms with Crippen molar-refractivity contribution in [3.8, 4) is 0 Å². The highest BCUT2D eigenvalue weighted by atomic mass is 16.6. The minimum Gasteiger partial charge on any atom is -0.457 e. The Balaban J connectivity index is 2.60. The van der Waals surface area contributed by atoms with Crippen LogP contribution in [0.3, 0.4) is 0 Å². The van der Waals surface area contributed by atoms with Crippen LogP contribution in [0, 0.1) is 10.8 Å². The summed E-state index contributed by atoms with van der Waals surface area (Å²) in [4.78, 5) is 11.7. The van der Waals surface area contributed by atoms with E-state index < -0.39 is 5.60 Å². The molecule has 0 aromatic rings. The van der Waals surface area contributed by atoms with E-state index in [2.05, 4.69) is 40.9 Å². The van der Waals surface area contributed by atoms with E-state index >= 15 is 0 Å². The molecule has 0 aromatic carbocycles. The average molecular weight is 248 g/mol. The van der Waals surface area contributed by atoms with Gasteiger partial charge in [0, 0.05) is 17.3 Å². The number of carbonyl (C=O) groups is 1. The van der Waals surface area contributed by atoms with Crippen LogP contribution in [-0.4, -0.2) is 11.6 Å². The second-order valence-electron chi connectivity index (χ2n) is 6.53. The third kappa shape index (κ3) is 1.32. The molecule has 1 heterocycles.